The second kappa shape index (κ2) is 4.42. The van der Waals surface area contributed by atoms with Gasteiger partial charge in [0.1, 0.15) is 11.5 Å². The van der Waals surface area contributed by atoms with Gasteiger partial charge < -0.3 is 4.79 Å². The van der Waals surface area contributed by atoms with Crippen LogP contribution in [-0.2, 0) is 17.4 Å². The summed E-state index contributed by atoms with van der Waals surface area (Å²) in [6.07, 6.45) is -3.17. The number of hydrogen-bond acceptors (Lipinski definition) is 2. The molecule has 5 heteroatoms. The van der Waals surface area contributed by atoms with Crippen molar-refractivity contribution < 1.29 is 18.0 Å². The van der Waals surface area contributed by atoms with Crippen molar-refractivity contribution in [3.8, 4) is 0 Å². The molecule has 0 unspecified atom stereocenters. The van der Waals surface area contributed by atoms with E-state index in [9.17, 15) is 18.0 Å². The first-order valence-electron chi connectivity index (χ1n) is 4.42. The summed E-state index contributed by atoms with van der Waals surface area (Å²) in [7, 11) is 0. The molecule has 1 rings (SSSR count). The van der Waals surface area contributed by atoms with Gasteiger partial charge in [-0.1, -0.05) is 6.07 Å². The molecule has 0 fully saturated rings. The Labute approximate surface area is 85.1 Å². The average Bonchev–Trinajstić information content (AvgIpc) is 2.13. The number of rotatable bonds is 3. The quantitative estimate of drug-likeness (QED) is 0.778. The third-order valence-electron chi connectivity index (χ3n) is 1.91. The molecule has 0 aliphatic heterocycles. The highest BCUT2D eigenvalue weighted by Gasteiger charge is 2.34. The zero-order chi connectivity index (χ0) is 11.5. The first-order valence-corrected chi connectivity index (χ1v) is 4.42. The summed E-state index contributed by atoms with van der Waals surface area (Å²) in [5, 5.41) is 0. The Morgan fingerprint density at radius 2 is 2.13 bits per heavy atom. The van der Waals surface area contributed by atoms with Crippen LogP contribution in [0.4, 0.5) is 13.2 Å². The maximum Gasteiger partial charge on any atom is 0.433 e. The van der Waals surface area contributed by atoms with Gasteiger partial charge in [-0.15, -0.1) is 0 Å². The van der Waals surface area contributed by atoms with Crippen LogP contribution in [0.2, 0.25) is 0 Å². The van der Waals surface area contributed by atoms with E-state index in [4.69, 9.17) is 0 Å². The Bertz CT molecular complexity index is 360. The van der Waals surface area contributed by atoms with Gasteiger partial charge in [0.05, 0.1) is 0 Å². The van der Waals surface area contributed by atoms with Gasteiger partial charge in [0.25, 0.3) is 0 Å². The minimum Gasteiger partial charge on any atom is -0.300 e. The van der Waals surface area contributed by atoms with Gasteiger partial charge in [0.15, 0.2) is 0 Å². The summed E-state index contributed by atoms with van der Waals surface area (Å²) in [5.74, 6) is -0.132. The number of hydrogen-bond donors (Lipinski definition) is 0. The van der Waals surface area contributed by atoms with E-state index in [-0.39, 0.29) is 24.2 Å². The molecule has 15 heavy (non-hydrogen) atoms. The van der Waals surface area contributed by atoms with Crippen molar-refractivity contribution in [2.45, 2.75) is 25.9 Å². The monoisotopic (exact) mass is 217 g/mol. The van der Waals surface area contributed by atoms with E-state index in [0.29, 0.717) is 0 Å². The van der Waals surface area contributed by atoms with Crippen molar-refractivity contribution in [1.82, 2.24) is 4.98 Å². The topological polar surface area (TPSA) is 30.0 Å². The van der Waals surface area contributed by atoms with Crippen molar-refractivity contribution in [3.63, 3.8) is 0 Å². The Morgan fingerprint density at radius 3 is 2.67 bits per heavy atom. The van der Waals surface area contributed by atoms with Crippen molar-refractivity contribution in [1.29, 1.82) is 0 Å². The highest BCUT2D eigenvalue weighted by atomic mass is 19.4. The molecule has 0 radical (unpaired) electrons. The van der Waals surface area contributed by atoms with E-state index in [1.54, 1.807) is 0 Å². The lowest BCUT2D eigenvalue weighted by Crippen LogP contribution is -2.12. The number of carbonyl (C=O) groups excluding carboxylic acids is 1. The summed E-state index contributed by atoms with van der Waals surface area (Å²) in [6.45, 7) is 1.35. The van der Waals surface area contributed by atoms with Gasteiger partial charge >= 0.3 is 6.18 Å². The van der Waals surface area contributed by atoms with Crippen molar-refractivity contribution >= 4 is 5.78 Å². The third-order valence-corrected chi connectivity index (χ3v) is 1.91. The Hall–Kier alpha value is -1.39. The fourth-order valence-electron chi connectivity index (χ4n) is 1.21. The molecule has 0 aliphatic carbocycles. The Morgan fingerprint density at radius 1 is 1.47 bits per heavy atom. The zero-order valence-corrected chi connectivity index (χ0v) is 8.14. The molecule has 1 aromatic heterocycles. The predicted molar refractivity (Wildman–Crippen MR) is 48.2 cm³/mol. The fraction of sp³-hybridized carbons (Fsp3) is 0.400. The Kier molecular flexibility index (Phi) is 3.44. The van der Waals surface area contributed by atoms with E-state index in [2.05, 4.69) is 4.98 Å². The smallest absolute Gasteiger partial charge is 0.300 e. The number of ketones is 1. The normalized spacial score (nSPS) is 11.5. The van der Waals surface area contributed by atoms with Crippen LogP contribution in [0.15, 0.2) is 18.3 Å². The molecule has 1 heterocycles. The number of halogens is 3. The molecule has 0 bridgehead atoms. The summed E-state index contributed by atoms with van der Waals surface area (Å²) in [5.41, 5.74) is -0.827. The average molecular weight is 217 g/mol. The molecule has 0 aromatic carbocycles. The summed E-state index contributed by atoms with van der Waals surface area (Å²) < 4.78 is 37.3. The number of alkyl halides is 3. The van der Waals surface area contributed by atoms with E-state index >= 15 is 0 Å². The van der Waals surface area contributed by atoms with E-state index < -0.39 is 11.9 Å². The first-order chi connectivity index (χ1) is 6.91. The van der Waals surface area contributed by atoms with Crippen LogP contribution in [0, 0.1) is 0 Å². The standard InChI is InChI=1S/C10H10F3NO/c1-7(15)4-5-8-3-2-6-14-9(8)10(11,12)13/h2-3,6H,4-5H2,1H3. The molecule has 0 spiro atoms. The van der Waals surface area contributed by atoms with Gasteiger partial charge in [0, 0.05) is 12.6 Å². The summed E-state index contributed by atoms with van der Waals surface area (Å²) in [6, 6.07) is 2.78. The molecule has 0 amide bonds. The molecule has 0 saturated carbocycles. The second-order valence-electron chi connectivity index (χ2n) is 3.21. The predicted octanol–water partition coefficient (Wildman–Crippen LogP) is 2.62. The largest absolute Gasteiger partial charge is 0.433 e. The lowest BCUT2D eigenvalue weighted by atomic mass is 10.1. The number of Topliss-reactive ketones (excluding diaryl/α,β-unsaturated/α-hetero) is 1. The molecular formula is C10H10F3NO. The van der Waals surface area contributed by atoms with Crippen LogP contribution in [0.25, 0.3) is 0 Å². The highest BCUT2D eigenvalue weighted by Crippen LogP contribution is 2.30. The second-order valence-corrected chi connectivity index (χ2v) is 3.21. The lowest BCUT2D eigenvalue weighted by Gasteiger charge is -2.10. The zero-order valence-electron chi connectivity index (χ0n) is 8.14. The van der Waals surface area contributed by atoms with Crippen LogP contribution < -0.4 is 0 Å². The molecule has 82 valence electrons. The van der Waals surface area contributed by atoms with Crippen molar-refractivity contribution in [3.05, 3.63) is 29.6 Å². The van der Waals surface area contributed by atoms with E-state index in [0.717, 1.165) is 6.20 Å². The van der Waals surface area contributed by atoms with Crippen LogP contribution in [0.1, 0.15) is 24.6 Å². The van der Waals surface area contributed by atoms with Crippen molar-refractivity contribution in [2.75, 3.05) is 0 Å². The number of pyridine rings is 1. The van der Waals surface area contributed by atoms with Gasteiger partial charge in [-0.25, -0.2) is 0 Å². The number of carbonyl (C=O) groups is 1. The lowest BCUT2D eigenvalue weighted by molar-refractivity contribution is -0.142. The molecule has 0 saturated heterocycles. The van der Waals surface area contributed by atoms with Gasteiger partial charge in [0.2, 0.25) is 0 Å². The number of nitrogens with zero attached hydrogens (tertiary/aromatic N) is 1. The molecule has 0 aliphatic rings. The molecule has 0 atom stereocenters. The molecule has 2 nitrogen and oxygen atoms in total. The third kappa shape index (κ3) is 3.34. The van der Waals surface area contributed by atoms with Crippen LogP contribution >= 0.6 is 0 Å². The molecule has 0 N–H and O–H groups in total. The number of aryl methyl sites for hydroxylation is 1. The van der Waals surface area contributed by atoms with Crippen LogP contribution in [-0.4, -0.2) is 10.8 Å². The first kappa shape index (κ1) is 11.7. The van der Waals surface area contributed by atoms with Crippen LogP contribution in [0.5, 0.6) is 0 Å². The van der Waals surface area contributed by atoms with Gasteiger partial charge in [-0.05, 0) is 25.0 Å². The number of aromatic nitrogens is 1. The molecule has 1 aromatic rings. The fourth-order valence-corrected chi connectivity index (χ4v) is 1.21. The summed E-state index contributed by atoms with van der Waals surface area (Å²) >= 11 is 0. The summed E-state index contributed by atoms with van der Waals surface area (Å²) in [4.78, 5) is 14.0. The van der Waals surface area contributed by atoms with E-state index in [1.165, 1.54) is 19.1 Å². The van der Waals surface area contributed by atoms with Crippen LogP contribution in [0.3, 0.4) is 0 Å². The highest BCUT2D eigenvalue weighted by molar-refractivity contribution is 5.75. The maximum absolute atomic E-state index is 12.4. The van der Waals surface area contributed by atoms with Gasteiger partial charge in [-0.2, -0.15) is 13.2 Å². The maximum atomic E-state index is 12.4. The van der Waals surface area contributed by atoms with Gasteiger partial charge in [-0.3, -0.25) is 4.98 Å². The molecular weight excluding hydrogens is 207 g/mol. The minimum absolute atomic E-state index is 0.0696. The van der Waals surface area contributed by atoms with Crippen molar-refractivity contribution in [2.24, 2.45) is 0 Å². The Balaban J connectivity index is 2.92. The van der Waals surface area contributed by atoms with E-state index in [1.807, 2.05) is 0 Å². The SMILES string of the molecule is CC(=O)CCc1cccnc1C(F)(F)F. The minimum atomic E-state index is -4.45.